The Kier molecular flexibility index (Phi) is 5.79. The fourth-order valence-electron chi connectivity index (χ4n) is 2.74. The number of aromatic nitrogens is 1. The van der Waals surface area contributed by atoms with Crippen LogP contribution < -0.4 is 5.32 Å². The summed E-state index contributed by atoms with van der Waals surface area (Å²) in [6, 6.07) is 8.13. The number of carbonyl (C=O) groups is 2. The van der Waals surface area contributed by atoms with Crippen molar-refractivity contribution in [3.63, 3.8) is 0 Å². The highest BCUT2D eigenvalue weighted by Crippen LogP contribution is 2.17. The molecule has 0 aliphatic rings. The van der Waals surface area contributed by atoms with Gasteiger partial charge in [-0.15, -0.1) is 0 Å². The van der Waals surface area contributed by atoms with Crippen LogP contribution in [0, 0.1) is 0 Å². The van der Waals surface area contributed by atoms with Crippen LogP contribution in [0.15, 0.2) is 30.5 Å². The molecule has 1 heterocycles. The molecule has 0 radical (unpaired) electrons. The van der Waals surface area contributed by atoms with E-state index in [1.54, 1.807) is 11.8 Å². The van der Waals surface area contributed by atoms with Crippen LogP contribution in [0.3, 0.4) is 0 Å². The van der Waals surface area contributed by atoms with Crippen LogP contribution in [-0.4, -0.2) is 40.8 Å². The Morgan fingerprint density at radius 1 is 1.30 bits per heavy atom. The largest absolute Gasteiger partial charge is 0.361 e. The Morgan fingerprint density at radius 2 is 2.04 bits per heavy atom. The summed E-state index contributed by atoms with van der Waals surface area (Å²) in [4.78, 5) is 28.7. The Bertz CT molecular complexity index is 678. The highest BCUT2D eigenvalue weighted by molar-refractivity contribution is 5.88. The molecular weight excluding hydrogens is 290 g/mol. The number of para-hydroxylation sites is 1. The first-order valence-electron chi connectivity index (χ1n) is 8.11. The van der Waals surface area contributed by atoms with Crippen molar-refractivity contribution in [3.8, 4) is 0 Å². The Hall–Kier alpha value is -2.30. The quantitative estimate of drug-likeness (QED) is 0.824. The van der Waals surface area contributed by atoms with Gasteiger partial charge in [0, 0.05) is 43.2 Å². The molecule has 1 aromatic heterocycles. The van der Waals surface area contributed by atoms with Crippen molar-refractivity contribution in [1.82, 2.24) is 15.2 Å². The van der Waals surface area contributed by atoms with Gasteiger partial charge in [0.25, 0.3) is 0 Å². The molecule has 2 N–H and O–H groups in total. The number of H-pyrrole nitrogens is 1. The minimum atomic E-state index is -0.0255. The minimum Gasteiger partial charge on any atom is -0.361 e. The summed E-state index contributed by atoms with van der Waals surface area (Å²) < 4.78 is 0. The molecule has 2 rings (SSSR count). The molecule has 0 fully saturated rings. The zero-order valence-corrected chi connectivity index (χ0v) is 14.1. The summed E-state index contributed by atoms with van der Waals surface area (Å²) in [5.41, 5.74) is 2.03. The molecule has 0 aliphatic heterocycles. The SMILES string of the molecule is CCC(C)N(CCNC(=O)Cc1c[nH]c2ccccc12)C(C)=O. The van der Waals surface area contributed by atoms with Crippen LogP contribution in [-0.2, 0) is 16.0 Å². The second-order valence-corrected chi connectivity index (χ2v) is 5.86. The number of amides is 2. The average Bonchev–Trinajstić information content (AvgIpc) is 2.94. The number of hydrogen-bond donors (Lipinski definition) is 2. The first-order chi connectivity index (χ1) is 11.0. The predicted molar refractivity (Wildman–Crippen MR) is 92.2 cm³/mol. The number of nitrogens with zero attached hydrogens (tertiary/aromatic N) is 1. The molecule has 5 nitrogen and oxygen atoms in total. The molecule has 23 heavy (non-hydrogen) atoms. The van der Waals surface area contributed by atoms with E-state index in [1.807, 2.05) is 37.4 Å². The molecule has 5 heteroatoms. The smallest absolute Gasteiger partial charge is 0.224 e. The lowest BCUT2D eigenvalue weighted by Crippen LogP contribution is -2.42. The van der Waals surface area contributed by atoms with Crippen molar-refractivity contribution in [1.29, 1.82) is 0 Å². The van der Waals surface area contributed by atoms with Crippen LogP contribution in [0.4, 0.5) is 0 Å². The summed E-state index contributed by atoms with van der Waals surface area (Å²) in [6.45, 7) is 6.67. The highest BCUT2D eigenvalue weighted by atomic mass is 16.2. The van der Waals surface area contributed by atoms with E-state index < -0.39 is 0 Å². The molecule has 2 amide bonds. The number of fused-ring (bicyclic) bond motifs is 1. The standard InChI is InChI=1S/C18H25N3O2/c1-4-13(2)21(14(3)22)10-9-19-18(23)11-15-12-20-17-8-6-5-7-16(15)17/h5-8,12-13,20H,4,9-11H2,1-3H3,(H,19,23). The maximum Gasteiger partial charge on any atom is 0.224 e. The molecule has 2 aromatic rings. The molecule has 0 bridgehead atoms. The third-order valence-corrected chi connectivity index (χ3v) is 4.23. The summed E-state index contributed by atoms with van der Waals surface area (Å²) in [5, 5.41) is 3.98. The molecule has 1 atom stereocenters. The van der Waals surface area contributed by atoms with Crippen LogP contribution in [0.5, 0.6) is 0 Å². The fourth-order valence-corrected chi connectivity index (χ4v) is 2.74. The molecule has 0 spiro atoms. The van der Waals surface area contributed by atoms with Gasteiger partial charge in [-0.1, -0.05) is 25.1 Å². The fraction of sp³-hybridized carbons (Fsp3) is 0.444. The van der Waals surface area contributed by atoms with Crippen molar-refractivity contribution in [2.75, 3.05) is 13.1 Å². The number of nitrogens with one attached hydrogen (secondary N) is 2. The normalized spacial score (nSPS) is 12.1. The monoisotopic (exact) mass is 315 g/mol. The third-order valence-electron chi connectivity index (χ3n) is 4.23. The maximum atomic E-state index is 12.1. The maximum absolute atomic E-state index is 12.1. The number of carbonyl (C=O) groups excluding carboxylic acids is 2. The van der Waals surface area contributed by atoms with E-state index in [0.717, 1.165) is 22.9 Å². The van der Waals surface area contributed by atoms with Crippen molar-refractivity contribution in [3.05, 3.63) is 36.0 Å². The van der Waals surface area contributed by atoms with E-state index in [2.05, 4.69) is 17.2 Å². The number of aromatic amines is 1. The summed E-state index contributed by atoms with van der Waals surface area (Å²) in [5.74, 6) is 0.0210. The Balaban J connectivity index is 1.86. The van der Waals surface area contributed by atoms with Gasteiger partial charge in [0.2, 0.25) is 11.8 Å². The van der Waals surface area contributed by atoms with E-state index in [1.165, 1.54) is 0 Å². The second-order valence-electron chi connectivity index (χ2n) is 5.86. The molecular formula is C18H25N3O2. The molecule has 0 saturated heterocycles. The minimum absolute atomic E-state index is 0.0255. The van der Waals surface area contributed by atoms with Crippen molar-refractivity contribution >= 4 is 22.7 Å². The zero-order valence-electron chi connectivity index (χ0n) is 14.1. The molecule has 124 valence electrons. The van der Waals surface area contributed by atoms with Gasteiger partial charge >= 0.3 is 0 Å². The molecule has 0 saturated carbocycles. The van der Waals surface area contributed by atoms with Gasteiger partial charge in [-0.3, -0.25) is 9.59 Å². The predicted octanol–water partition coefficient (Wildman–Crippen LogP) is 2.47. The van der Waals surface area contributed by atoms with Gasteiger partial charge in [0.1, 0.15) is 0 Å². The van der Waals surface area contributed by atoms with E-state index in [9.17, 15) is 9.59 Å². The average molecular weight is 315 g/mol. The lowest BCUT2D eigenvalue weighted by molar-refractivity contribution is -0.131. The second kappa shape index (κ2) is 7.81. The number of benzene rings is 1. The molecule has 1 unspecified atom stereocenters. The van der Waals surface area contributed by atoms with Gasteiger partial charge in [-0.05, 0) is 25.0 Å². The lowest BCUT2D eigenvalue weighted by atomic mass is 10.1. The molecule has 1 aromatic carbocycles. The summed E-state index contributed by atoms with van der Waals surface area (Å²) in [7, 11) is 0. The highest BCUT2D eigenvalue weighted by Gasteiger charge is 2.15. The van der Waals surface area contributed by atoms with Gasteiger partial charge in [-0.2, -0.15) is 0 Å². The zero-order chi connectivity index (χ0) is 16.8. The van der Waals surface area contributed by atoms with Gasteiger partial charge in [-0.25, -0.2) is 0 Å². The van der Waals surface area contributed by atoms with Gasteiger partial charge < -0.3 is 15.2 Å². The van der Waals surface area contributed by atoms with Crippen LogP contribution in [0.1, 0.15) is 32.8 Å². The summed E-state index contributed by atoms with van der Waals surface area (Å²) >= 11 is 0. The van der Waals surface area contributed by atoms with Crippen molar-refractivity contribution in [2.24, 2.45) is 0 Å². The first-order valence-corrected chi connectivity index (χ1v) is 8.11. The number of hydrogen-bond acceptors (Lipinski definition) is 2. The van der Waals surface area contributed by atoms with Crippen LogP contribution >= 0.6 is 0 Å². The van der Waals surface area contributed by atoms with E-state index >= 15 is 0 Å². The van der Waals surface area contributed by atoms with Crippen molar-refractivity contribution < 1.29 is 9.59 Å². The third kappa shape index (κ3) is 4.34. The van der Waals surface area contributed by atoms with Crippen LogP contribution in [0.2, 0.25) is 0 Å². The Labute approximate surface area is 137 Å². The van der Waals surface area contributed by atoms with E-state index in [0.29, 0.717) is 19.5 Å². The van der Waals surface area contributed by atoms with E-state index in [-0.39, 0.29) is 17.9 Å². The number of rotatable bonds is 7. The Morgan fingerprint density at radius 3 is 2.74 bits per heavy atom. The summed E-state index contributed by atoms with van der Waals surface area (Å²) in [6.07, 6.45) is 3.13. The first kappa shape index (κ1) is 17.1. The van der Waals surface area contributed by atoms with Gasteiger partial charge in [0.15, 0.2) is 0 Å². The van der Waals surface area contributed by atoms with E-state index in [4.69, 9.17) is 0 Å². The molecule has 0 aliphatic carbocycles. The van der Waals surface area contributed by atoms with Crippen molar-refractivity contribution in [2.45, 2.75) is 39.7 Å². The van der Waals surface area contributed by atoms with Gasteiger partial charge in [0.05, 0.1) is 6.42 Å². The lowest BCUT2D eigenvalue weighted by Gasteiger charge is -2.27. The topological polar surface area (TPSA) is 65.2 Å². The van der Waals surface area contributed by atoms with Crippen LogP contribution in [0.25, 0.3) is 10.9 Å².